The Morgan fingerprint density at radius 3 is 2.39 bits per heavy atom. The van der Waals surface area contributed by atoms with Gasteiger partial charge >= 0.3 is 7.12 Å². The fraction of sp³-hybridized carbons (Fsp3) is 0.571. The van der Waals surface area contributed by atoms with E-state index < -0.39 is 0 Å². The van der Waals surface area contributed by atoms with Crippen molar-refractivity contribution in [2.24, 2.45) is 0 Å². The molecule has 2 rings (SSSR count). The van der Waals surface area contributed by atoms with Crippen LogP contribution in [-0.2, 0) is 9.31 Å². The fourth-order valence-electron chi connectivity index (χ4n) is 2.15. The Labute approximate surface area is 110 Å². The smallest absolute Gasteiger partial charge is 0.406 e. The zero-order valence-corrected chi connectivity index (χ0v) is 11.2. The van der Waals surface area contributed by atoms with Crippen LogP contribution in [0.3, 0.4) is 0 Å². The van der Waals surface area contributed by atoms with Crippen LogP contribution in [0.5, 0.6) is 0 Å². The highest BCUT2D eigenvalue weighted by Gasteiger charge is 2.23. The van der Waals surface area contributed by atoms with Crippen LogP contribution in [0, 0.1) is 0 Å². The summed E-state index contributed by atoms with van der Waals surface area (Å²) in [6.45, 7) is 6.87. The third kappa shape index (κ3) is 4.12. The minimum atomic E-state index is -0.195. The lowest BCUT2D eigenvalue weighted by atomic mass is 9.79. The first-order valence-electron chi connectivity index (χ1n) is 6.90. The average Bonchev–Trinajstić information content (AvgIpc) is 2.39. The van der Waals surface area contributed by atoms with Crippen molar-refractivity contribution in [3.63, 3.8) is 0 Å². The molecule has 0 atom stereocenters. The van der Waals surface area contributed by atoms with Gasteiger partial charge < -0.3 is 9.31 Å². The molecule has 1 aromatic carbocycles. The summed E-state index contributed by atoms with van der Waals surface area (Å²) in [4.78, 5) is 2.42. The van der Waals surface area contributed by atoms with Crippen LogP contribution < -0.4 is 5.46 Å². The van der Waals surface area contributed by atoms with Crippen LogP contribution in [0.2, 0.25) is 0 Å². The van der Waals surface area contributed by atoms with E-state index in [4.69, 9.17) is 9.31 Å². The Kier molecular flexibility index (Phi) is 5.71. The number of hydrogen-bond donors (Lipinski definition) is 0. The van der Waals surface area contributed by atoms with Gasteiger partial charge in [0.25, 0.3) is 0 Å². The molecular formula is C14H22BNO2. The number of unbranched alkanes of at least 4 members (excludes halogenated alkanes) is 1. The highest BCUT2D eigenvalue weighted by atomic mass is 16.6. The Morgan fingerprint density at radius 2 is 1.78 bits per heavy atom. The number of hydrogen-bond acceptors (Lipinski definition) is 3. The Balaban J connectivity index is 1.83. The quantitative estimate of drug-likeness (QED) is 0.753. The van der Waals surface area contributed by atoms with E-state index in [0.717, 1.165) is 38.3 Å². The third-order valence-electron chi connectivity index (χ3n) is 3.25. The maximum absolute atomic E-state index is 5.82. The first-order chi connectivity index (χ1) is 8.90. The molecule has 1 aliphatic heterocycles. The molecule has 0 amide bonds. The van der Waals surface area contributed by atoms with E-state index in [0.29, 0.717) is 0 Å². The Hall–Kier alpha value is -0.835. The topological polar surface area (TPSA) is 21.7 Å². The highest BCUT2D eigenvalue weighted by molar-refractivity contribution is 6.61. The number of benzene rings is 1. The van der Waals surface area contributed by atoms with Gasteiger partial charge in [-0.05, 0) is 18.4 Å². The Bertz CT molecular complexity index is 324. The third-order valence-corrected chi connectivity index (χ3v) is 3.25. The normalized spacial score (nSPS) is 18.4. The monoisotopic (exact) mass is 247 g/mol. The summed E-state index contributed by atoms with van der Waals surface area (Å²) in [5, 5.41) is 0. The lowest BCUT2D eigenvalue weighted by molar-refractivity contribution is 0.116. The van der Waals surface area contributed by atoms with Gasteiger partial charge in [0.2, 0.25) is 0 Å². The van der Waals surface area contributed by atoms with Gasteiger partial charge in [-0.2, -0.15) is 0 Å². The van der Waals surface area contributed by atoms with Gasteiger partial charge in [-0.1, -0.05) is 43.7 Å². The summed E-state index contributed by atoms with van der Waals surface area (Å²) in [6, 6.07) is 10.2. The van der Waals surface area contributed by atoms with Gasteiger partial charge in [0.05, 0.1) is 0 Å². The summed E-state index contributed by atoms with van der Waals surface area (Å²) in [6.07, 6.45) is 2.49. The molecule has 4 heteroatoms. The molecule has 18 heavy (non-hydrogen) atoms. The Morgan fingerprint density at radius 1 is 1.11 bits per heavy atom. The summed E-state index contributed by atoms with van der Waals surface area (Å²) in [7, 11) is -0.195. The number of nitrogens with zero attached hydrogens (tertiary/aromatic N) is 1. The molecule has 1 saturated heterocycles. The summed E-state index contributed by atoms with van der Waals surface area (Å²) in [5.41, 5.74) is 1.11. The van der Waals surface area contributed by atoms with Crippen LogP contribution in [0.4, 0.5) is 0 Å². The van der Waals surface area contributed by atoms with E-state index in [-0.39, 0.29) is 7.12 Å². The largest absolute Gasteiger partial charge is 0.493 e. The molecule has 0 aliphatic carbocycles. The van der Waals surface area contributed by atoms with Gasteiger partial charge in [0.1, 0.15) is 0 Å². The van der Waals surface area contributed by atoms with E-state index in [2.05, 4.69) is 24.0 Å². The molecule has 0 unspecified atom stereocenters. The zero-order chi connectivity index (χ0) is 12.6. The summed E-state index contributed by atoms with van der Waals surface area (Å²) >= 11 is 0. The minimum absolute atomic E-state index is 0.195. The van der Waals surface area contributed by atoms with Crippen LogP contribution in [0.1, 0.15) is 19.8 Å². The second kappa shape index (κ2) is 7.57. The maximum atomic E-state index is 5.82. The fourth-order valence-corrected chi connectivity index (χ4v) is 2.15. The van der Waals surface area contributed by atoms with Crippen LogP contribution in [-0.4, -0.2) is 44.9 Å². The molecule has 98 valence electrons. The maximum Gasteiger partial charge on any atom is 0.493 e. The molecule has 0 saturated carbocycles. The molecule has 1 heterocycles. The first-order valence-corrected chi connectivity index (χ1v) is 6.90. The second-order valence-electron chi connectivity index (χ2n) is 4.68. The summed E-state index contributed by atoms with van der Waals surface area (Å²) < 4.78 is 11.6. The molecule has 1 aromatic rings. The van der Waals surface area contributed by atoms with Crippen LogP contribution >= 0.6 is 0 Å². The first kappa shape index (κ1) is 13.6. The van der Waals surface area contributed by atoms with Crippen molar-refractivity contribution in [1.29, 1.82) is 0 Å². The molecule has 3 nitrogen and oxygen atoms in total. The van der Waals surface area contributed by atoms with Crippen molar-refractivity contribution >= 4 is 12.6 Å². The number of rotatable bonds is 4. The van der Waals surface area contributed by atoms with Crippen molar-refractivity contribution in [3.05, 3.63) is 30.3 Å². The molecular weight excluding hydrogens is 225 g/mol. The standard InChI is InChI=1S/C14H22BNO2/c1-2-3-9-16-10-12-17-15(18-13-11-16)14-7-5-4-6-8-14/h4-8H,2-3,9-13H2,1H3. The second-order valence-corrected chi connectivity index (χ2v) is 4.68. The van der Waals surface area contributed by atoms with E-state index >= 15 is 0 Å². The predicted molar refractivity (Wildman–Crippen MR) is 75.1 cm³/mol. The van der Waals surface area contributed by atoms with Crippen molar-refractivity contribution in [3.8, 4) is 0 Å². The molecule has 0 aromatic heterocycles. The average molecular weight is 247 g/mol. The SMILES string of the molecule is CCCCN1CCOB(c2ccccc2)OCC1. The van der Waals surface area contributed by atoms with Crippen LogP contribution in [0.15, 0.2) is 30.3 Å². The zero-order valence-electron chi connectivity index (χ0n) is 11.2. The van der Waals surface area contributed by atoms with Crippen molar-refractivity contribution < 1.29 is 9.31 Å². The lowest BCUT2D eigenvalue weighted by Gasteiger charge is -2.27. The molecule has 0 N–H and O–H groups in total. The van der Waals surface area contributed by atoms with Crippen LogP contribution in [0.25, 0.3) is 0 Å². The van der Waals surface area contributed by atoms with Crippen molar-refractivity contribution in [1.82, 2.24) is 4.90 Å². The minimum Gasteiger partial charge on any atom is -0.406 e. The molecule has 0 radical (unpaired) electrons. The molecule has 1 aliphatic rings. The van der Waals surface area contributed by atoms with Gasteiger partial charge in [-0.15, -0.1) is 0 Å². The molecule has 1 fully saturated rings. The molecule has 0 spiro atoms. The van der Waals surface area contributed by atoms with Gasteiger partial charge in [0, 0.05) is 26.3 Å². The van der Waals surface area contributed by atoms with E-state index in [1.165, 1.54) is 12.8 Å². The highest BCUT2D eigenvalue weighted by Crippen LogP contribution is 2.01. The van der Waals surface area contributed by atoms with Gasteiger partial charge in [-0.3, -0.25) is 4.90 Å². The van der Waals surface area contributed by atoms with Gasteiger partial charge in [-0.25, -0.2) is 0 Å². The van der Waals surface area contributed by atoms with E-state index in [1.807, 2.05) is 18.2 Å². The van der Waals surface area contributed by atoms with Crippen molar-refractivity contribution in [2.45, 2.75) is 19.8 Å². The lowest BCUT2D eigenvalue weighted by Crippen LogP contribution is -2.44. The van der Waals surface area contributed by atoms with Gasteiger partial charge in [0.15, 0.2) is 0 Å². The summed E-state index contributed by atoms with van der Waals surface area (Å²) in [5.74, 6) is 0. The van der Waals surface area contributed by atoms with E-state index in [9.17, 15) is 0 Å². The molecule has 0 bridgehead atoms. The van der Waals surface area contributed by atoms with Crippen molar-refractivity contribution in [2.75, 3.05) is 32.8 Å². The van der Waals surface area contributed by atoms with E-state index in [1.54, 1.807) is 0 Å². The predicted octanol–water partition coefficient (Wildman–Crippen LogP) is 1.53.